The van der Waals surface area contributed by atoms with Crippen LogP contribution in [0.2, 0.25) is 0 Å². The molecule has 0 fully saturated rings. The summed E-state index contributed by atoms with van der Waals surface area (Å²) in [7, 11) is 0. The Balaban J connectivity index is 2.59. The molecule has 0 aliphatic carbocycles. The maximum atomic E-state index is 14.2. The highest BCUT2D eigenvalue weighted by molar-refractivity contribution is 14.1. The van der Waals surface area contributed by atoms with Crippen LogP contribution in [-0.4, -0.2) is 6.54 Å². The van der Waals surface area contributed by atoms with E-state index in [-0.39, 0.29) is 6.04 Å². The second kappa shape index (κ2) is 6.83. The number of aryl methyl sites for hydroxylation is 2. The van der Waals surface area contributed by atoms with Gasteiger partial charge in [0, 0.05) is 15.2 Å². The molecule has 0 saturated heterocycles. The Labute approximate surface area is 137 Å². The zero-order valence-corrected chi connectivity index (χ0v) is 14.5. The minimum atomic E-state index is -0.513. The Morgan fingerprint density at radius 1 is 1.05 bits per heavy atom. The lowest BCUT2D eigenvalue weighted by molar-refractivity contribution is 0.537. The fourth-order valence-corrected chi connectivity index (χ4v) is 3.06. The van der Waals surface area contributed by atoms with Crippen molar-refractivity contribution >= 4 is 22.6 Å². The topological polar surface area (TPSA) is 12.0 Å². The van der Waals surface area contributed by atoms with E-state index in [0.29, 0.717) is 17.7 Å². The zero-order chi connectivity index (χ0) is 15.6. The van der Waals surface area contributed by atoms with Crippen LogP contribution in [0, 0.1) is 29.1 Å². The summed E-state index contributed by atoms with van der Waals surface area (Å²) in [5.74, 6) is -1.02. The molecule has 1 N–H and O–H groups in total. The van der Waals surface area contributed by atoms with Gasteiger partial charge in [0.05, 0.1) is 6.04 Å². The third kappa shape index (κ3) is 3.43. The van der Waals surface area contributed by atoms with E-state index in [9.17, 15) is 8.78 Å². The van der Waals surface area contributed by atoms with Crippen molar-refractivity contribution < 1.29 is 8.78 Å². The van der Waals surface area contributed by atoms with Crippen molar-refractivity contribution in [2.75, 3.05) is 6.54 Å². The van der Waals surface area contributed by atoms with Gasteiger partial charge in [-0.3, -0.25) is 0 Å². The van der Waals surface area contributed by atoms with E-state index in [2.05, 4.69) is 27.9 Å². The average molecular weight is 401 g/mol. The van der Waals surface area contributed by atoms with Crippen molar-refractivity contribution in [3.05, 3.63) is 67.8 Å². The van der Waals surface area contributed by atoms with Crippen molar-refractivity contribution in [1.29, 1.82) is 0 Å². The lowest BCUT2D eigenvalue weighted by Gasteiger charge is -2.22. The molecule has 1 unspecified atom stereocenters. The van der Waals surface area contributed by atoms with Gasteiger partial charge in [0.2, 0.25) is 0 Å². The molecule has 1 atom stereocenters. The molecule has 2 aromatic rings. The number of benzene rings is 2. The van der Waals surface area contributed by atoms with E-state index in [4.69, 9.17) is 0 Å². The Kier molecular flexibility index (Phi) is 5.32. The minimum absolute atomic E-state index is 0.277. The van der Waals surface area contributed by atoms with E-state index >= 15 is 0 Å². The van der Waals surface area contributed by atoms with Crippen LogP contribution < -0.4 is 5.32 Å². The molecule has 0 aliphatic rings. The van der Waals surface area contributed by atoms with Crippen LogP contribution in [0.1, 0.15) is 35.2 Å². The molecule has 4 heteroatoms. The molecule has 0 radical (unpaired) electrons. The van der Waals surface area contributed by atoms with Crippen molar-refractivity contribution in [1.82, 2.24) is 5.32 Å². The highest BCUT2D eigenvalue weighted by Gasteiger charge is 2.21. The fraction of sp³-hybridized carbons (Fsp3) is 0.294. The summed E-state index contributed by atoms with van der Waals surface area (Å²) >= 11 is 2.28. The van der Waals surface area contributed by atoms with Crippen LogP contribution in [0.4, 0.5) is 8.78 Å². The van der Waals surface area contributed by atoms with Gasteiger partial charge in [-0.25, -0.2) is 8.78 Å². The van der Waals surface area contributed by atoms with Crippen LogP contribution in [0.3, 0.4) is 0 Å². The summed E-state index contributed by atoms with van der Waals surface area (Å²) in [6, 6.07) is 8.27. The van der Waals surface area contributed by atoms with Gasteiger partial charge in [0.25, 0.3) is 0 Å². The van der Waals surface area contributed by atoms with E-state index in [0.717, 1.165) is 20.8 Å². The molecule has 112 valence electrons. The van der Waals surface area contributed by atoms with E-state index in [1.54, 1.807) is 13.0 Å². The van der Waals surface area contributed by atoms with E-state index in [1.807, 2.05) is 32.0 Å². The van der Waals surface area contributed by atoms with Gasteiger partial charge in [-0.1, -0.05) is 25.1 Å². The van der Waals surface area contributed by atoms with Crippen LogP contribution in [0.5, 0.6) is 0 Å². The predicted molar refractivity (Wildman–Crippen MR) is 90.5 cm³/mol. The number of halogens is 3. The molecular weight excluding hydrogens is 383 g/mol. The lowest BCUT2D eigenvalue weighted by Crippen LogP contribution is -2.24. The maximum absolute atomic E-state index is 14.2. The number of hydrogen-bond acceptors (Lipinski definition) is 1. The SMILES string of the molecule is CCNC(c1cc(C)c(F)cc1F)c1cccc(C)c1I. The van der Waals surface area contributed by atoms with Crippen LogP contribution >= 0.6 is 22.6 Å². The highest BCUT2D eigenvalue weighted by Crippen LogP contribution is 2.30. The summed E-state index contributed by atoms with van der Waals surface area (Å²) < 4.78 is 28.8. The van der Waals surface area contributed by atoms with Gasteiger partial charge in [0.15, 0.2) is 0 Å². The molecule has 0 amide bonds. The van der Waals surface area contributed by atoms with E-state index in [1.165, 1.54) is 0 Å². The summed E-state index contributed by atoms with van der Waals surface area (Å²) in [4.78, 5) is 0. The Hall–Kier alpha value is -1.01. The first-order valence-corrected chi connectivity index (χ1v) is 7.97. The molecule has 0 bridgehead atoms. The Morgan fingerprint density at radius 2 is 1.76 bits per heavy atom. The number of hydrogen-bond donors (Lipinski definition) is 1. The second-order valence-corrected chi connectivity index (χ2v) is 6.17. The summed E-state index contributed by atoms with van der Waals surface area (Å²) in [6.45, 7) is 6.36. The molecule has 0 heterocycles. The molecule has 0 spiro atoms. The lowest BCUT2D eigenvalue weighted by atomic mass is 9.95. The quantitative estimate of drug-likeness (QED) is 0.720. The smallest absolute Gasteiger partial charge is 0.131 e. The van der Waals surface area contributed by atoms with E-state index < -0.39 is 11.6 Å². The van der Waals surface area contributed by atoms with Gasteiger partial charge in [-0.2, -0.15) is 0 Å². The zero-order valence-electron chi connectivity index (χ0n) is 12.3. The van der Waals surface area contributed by atoms with Crippen molar-refractivity contribution in [3.63, 3.8) is 0 Å². The van der Waals surface area contributed by atoms with Gasteiger partial charge < -0.3 is 5.32 Å². The monoisotopic (exact) mass is 401 g/mol. The molecule has 21 heavy (non-hydrogen) atoms. The molecule has 0 aromatic heterocycles. The highest BCUT2D eigenvalue weighted by atomic mass is 127. The average Bonchev–Trinajstić information content (AvgIpc) is 2.44. The summed E-state index contributed by atoms with van der Waals surface area (Å²) in [5, 5.41) is 3.30. The van der Waals surface area contributed by atoms with Crippen molar-refractivity contribution in [3.8, 4) is 0 Å². The molecule has 1 nitrogen and oxygen atoms in total. The first-order valence-electron chi connectivity index (χ1n) is 6.89. The van der Waals surface area contributed by atoms with Gasteiger partial charge in [-0.15, -0.1) is 0 Å². The molecule has 0 aliphatic heterocycles. The first kappa shape index (κ1) is 16.4. The van der Waals surface area contributed by atoms with Crippen LogP contribution in [0.15, 0.2) is 30.3 Å². The van der Waals surface area contributed by atoms with Crippen molar-refractivity contribution in [2.24, 2.45) is 0 Å². The Bertz CT molecular complexity index is 655. The molecule has 0 saturated carbocycles. The molecule has 2 aromatic carbocycles. The summed E-state index contributed by atoms with van der Waals surface area (Å²) in [5.41, 5.74) is 3.11. The minimum Gasteiger partial charge on any atom is -0.306 e. The van der Waals surface area contributed by atoms with Gasteiger partial charge in [0.1, 0.15) is 11.6 Å². The third-order valence-corrected chi connectivity index (χ3v) is 5.00. The summed E-state index contributed by atoms with van der Waals surface area (Å²) in [6.07, 6.45) is 0. The number of rotatable bonds is 4. The number of nitrogens with one attached hydrogen (secondary N) is 1. The van der Waals surface area contributed by atoms with Crippen LogP contribution in [-0.2, 0) is 0 Å². The van der Waals surface area contributed by atoms with Gasteiger partial charge in [-0.05, 0) is 65.7 Å². The molecule has 2 rings (SSSR count). The third-order valence-electron chi connectivity index (χ3n) is 3.53. The largest absolute Gasteiger partial charge is 0.306 e. The maximum Gasteiger partial charge on any atom is 0.131 e. The predicted octanol–water partition coefficient (Wildman–Crippen LogP) is 4.89. The Morgan fingerprint density at radius 3 is 2.43 bits per heavy atom. The standard InChI is InChI=1S/C17H18F2IN/c1-4-21-17(12-7-5-6-10(2)16(12)20)13-8-11(3)14(18)9-15(13)19/h5-9,17,21H,4H2,1-3H3. The first-order chi connectivity index (χ1) is 9.95. The molecular formula is C17H18F2IN. The normalized spacial score (nSPS) is 12.5. The van der Waals surface area contributed by atoms with Crippen molar-refractivity contribution in [2.45, 2.75) is 26.8 Å². The second-order valence-electron chi connectivity index (χ2n) is 5.09. The fourth-order valence-electron chi connectivity index (χ4n) is 2.39. The van der Waals surface area contributed by atoms with Gasteiger partial charge >= 0.3 is 0 Å². The van der Waals surface area contributed by atoms with Crippen LogP contribution in [0.25, 0.3) is 0 Å².